The molecule has 1 aliphatic rings. The zero-order valence-electron chi connectivity index (χ0n) is 8.89. The van der Waals surface area contributed by atoms with Crippen LogP contribution in [-0.4, -0.2) is 40.8 Å². The molecule has 0 spiro atoms. The predicted octanol–water partition coefficient (Wildman–Crippen LogP) is 0.692. The normalized spacial score (nSPS) is 22.1. The summed E-state index contributed by atoms with van der Waals surface area (Å²) in [5.74, 6) is 0. The van der Waals surface area contributed by atoms with E-state index >= 15 is 0 Å². The monoisotopic (exact) mass is 228 g/mol. The van der Waals surface area contributed by atoms with Crippen LogP contribution in [0.2, 0.25) is 0 Å². The number of halogens is 1. The molecule has 0 radical (unpaired) electrons. The maximum atomic E-state index is 4.10. The van der Waals surface area contributed by atoms with Crippen LogP contribution in [0, 0.1) is 0 Å². The molecule has 2 rings (SSSR count). The van der Waals surface area contributed by atoms with Crippen molar-refractivity contribution in [3.05, 3.63) is 24.0 Å². The second-order valence-corrected chi connectivity index (χ2v) is 3.74. The van der Waals surface area contributed by atoms with Crippen LogP contribution in [0.3, 0.4) is 0 Å². The third kappa shape index (κ3) is 3.41. The SMILES string of the molecule is CC1CNCCN1Cc1cccnn1.Cl. The number of nitrogens with zero attached hydrogens (tertiary/aromatic N) is 3. The number of aromatic nitrogens is 2. The topological polar surface area (TPSA) is 41.0 Å². The largest absolute Gasteiger partial charge is 0.314 e. The third-order valence-corrected chi connectivity index (χ3v) is 2.63. The molecule has 1 fully saturated rings. The van der Waals surface area contributed by atoms with Gasteiger partial charge in [0.05, 0.1) is 5.69 Å². The van der Waals surface area contributed by atoms with Gasteiger partial charge in [0.25, 0.3) is 0 Å². The lowest BCUT2D eigenvalue weighted by Gasteiger charge is -2.33. The molecule has 4 nitrogen and oxygen atoms in total. The van der Waals surface area contributed by atoms with Gasteiger partial charge in [-0.15, -0.1) is 12.4 Å². The van der Waals surface area contributed by atoms with Crippen LogP contribution in [0.4, 0.5) is 0 Å². The predicted molar refractivity (Wildman–Crippen MR) is 62.0 cm³/mol. The molecule has 1 unspecified atom stereocenters. The molecular weight excluding hydrogens is 212 g/mol. The molecule has 84 valence electrons. The van der Waals surface area contributed by atoms with Gasteiger partial charge < -0.3 is 5.32 Å². The third-order valence-electron chi connectivity index (χ3n) is 2.63. The van der Waals surface area contributed by atoms with E-state index in [4.69, 9.17) is 0 Å². The van der Waals surface area contributed by atoms with E-state index in [-0.39, 0.29) is 12.4 Å². The van der Waals surface area contributed by atoms with Gasteiger partial charge in [-0.05, 0) is 19.1 Å². The highest BCUT2D eigenvalue weighted by atomic mass is 35.5. The minimum Gasteiger partial charge on any atom is -0.314 e. The fraction of sp³-hybridized carbons (Fsp3) is 0.600. The summed E-state index contributed by atoms with van der Waals surface area (Å²) in [6.45, 7) is 6.39. The number of rotatable bonds is 2. The van der Waals surface area contributed by atoms with E-state index in [2.05, 4.69) is 27.3 Å². The summed E-state index contributed by atoms with van der Waals surface area (Å²) < 4.78 is 0. The maximum Gasteiger partial charge on any atom is 0.0771 e. The molecule has 1 atom stereocenters. The summed E-state index contributed by atoms with van der Waals surface area (Å²) in [4.78, 5) is 2.43. The van der Waals surface area contributed by atoms with Crippen molar-refractivity contribution in [3.8, 4) is 0 Å². The summed E-state index contributed by atoms with van der Waals surface area (Å²) >= 11 is 0. The van der Waals surface area contributed by atoms with Crippen molar-refractivity contribution in [2.45, 2.75) is 19.5 Å². The highest BCUT2D eigenvalue weighted by molar-refractivity contribution is 5.85. The molecule has 0 aromatic carbocycles. The lowest BCUT2D eigenvalue weighted by molar-refractivity contribution is 0.163. The van der Waals surface area contributed by atoms with Crippen LogP contribution < -0.4 is 5.32 Å². The quantitative estimate of drug-likeness (QED) is 0.809. The highest BCUT2D eigenvalue weighted by Crippen LogP contribution is 2.06. The molecule has 1 aromatic rings. The molecule has 1 N–H and O–H groups in total. The van der Waals surface area contributed by atoms with Crippen molar-refractivity contribution in [3.63, 3.8) is 0 Å². The second-order valence-electron chi connectivity index (χ2n) is 3.74. The number of nitrogens with one attached hydrogen (secondary N) is 1. The summed E-state index contributed by atoms with van der Waals surface area (Å²) in [5.41, 5.74) is 1.06. The van der Waals surface area contributed by atoms with Crippen molar-refractivity contribution < 1.29 is 0 Å². The fourth-order valence-electron chi connectivity index (χ4n) is 1.74. The van der Waals surface area contributed by atoms with Gasteiger partial charge >= 0.3 is 0 Å². The van der Waals surface area contributed by atoms with E-state index in [1.54, 1.807) is 6.20 Å². The van der Waals surface area contributed by atoms with Crippen LogP contribution in [-0.2, 0) is 6.54 Å². The lowest BCUT2D eigenvalue weighted by atomic mass is 10.2. The molecule has 0 saturated carbocycles. The van der Waals surface area contributed by atoms with Gasteiger partial charge in [0.1, 0.15) is 0 Å². The first kappa shape index (κ1) is 12.4. The first-order valence-electron chi connectivity index (χ1n) is 5.07. The van der Waals surface area contributed by atoms with Crippen molar-refractivity contribution >= 4 is 12.4 Å². The summed E-state index contributed by atoms with van der Waals surface area (Å²) in [6, 6.07) is 4.56. The Morgan fingerprint density at radius 2 is 2.47 bits per heavy atom. The lowest BCUT2D eigenvalue weighted by Crippen LogP contribution is -2.49. The van der Waals surface area contributed by atoms with Gasteiger partial charge in [0.15, 0.2) is 0 Å². The van der Waals surface area contributed by atoms with Crippen LogP contribution in [0.15, 0.2) is 18.3 Å². The Hall–Kier alpha value is -0.710. The van der Waals surface area contributed by atoms with E-state index in [1.807, 2.05) is 12.1 Å². The molecule has 5 heteroatoms. The summed E-state index contributed by atoms with van der Waals surface area (Å²) in [7, 11) is 0. The summed E-state index contributed by atoms with van der Waals surface area (Å²) in [6.07, 6.45) is 1.71. The first-order valence-corrected chi connectivity index (χ1v) is 5.07. The number of piperazine rings is 1. The molecule has 2 heterocycles. The van der Waals surface area contributed by atoms with E-state index in [9.17, 15) is 0 Å². The van der Waals surface area contributed by atoms with Gasteiger partial charge in [0, 0.05) is 38.4 Å². The molecular formula is C10H17ClN4. The van der Waals surface area contributed by atoms with Crippen molar-refractivity contribution in [1.29, 1.82) is 0 Å². The van der Waals surface area contributed by atoms with Gasteiger partial charge in [-0.2, -0.15) is 10.2 Å². The van der Waals surface area contributed by atoms with Crippen LogP contribution in [0.5, 0.6) is 0 Å². The van der Waals surface area contributed by atoms with Gasteiger partial charge in [-0.3, -0.25) is 4.90 Å². The van der Waals surface area contributed by atoms with Gasteiger partial charge in [-0.25, -0.2) is 0 Å². The smallest absolute Gasteiger partial charge is 0.0771 e. The molecule has 1 aromatic heterocycles. The standard InChI is InChI=1S/C10H16N4.ClH/c1-9-7-11-5-6-14(9)8-10-3-2-4-12-13-10;/h2-4,9,11H,5-8H2,1H3;1H. The number of hydrogen-bond acceptors (Lipinski definition) is 4. The van der Waals surface area contributed by atoms with E-state index < -0.39 is 0 Å². The van der Waals surface area contributed by atoms with Crippen molar-refractivity contribution in [2.75, 3.05) is 19.6 Å². The average Bonchev–Trinajstić information content (AvgIpc) is 2.23. The molecule has 0 aliphatic carbocycles. The average molecular weight is 229 g/mol. The van der Waals surface area contributed by atoms with Gasteiger partial charge in [0.2, 0.25) is 0 Å². The van der Waals surface area contributed by atoms with Crippen LogP contribution in [0.25, 0.3) is 0 Å². The van der Waals surface area contributed by atoms with Crippen LogP contribution in [0.1, 0.15) is 12.6 Å². The zero-order valence-corrected chi connectivity index (χ0v) is 9.70. The second kappa shape index (κ2) is 6.00. The van der Waals surface area contributed by atoms with Gasteiger partial charge in [-0.1, -0.05) is 0 Å². The van der Waals surface area contributed by atoms with E-state index in [0.29, 0.717) is 6.04 Å². The maximum absolute atomic E-state index is 4.10. The molecule has 1 aliphatic heterocycles. The molecule has 0 bridgehead atoms. The Kier molecular flexibility index (Phi) is 4.94. The fourth-order valence-corrected chi connectivity index (χ4v) is 1.74. The highest BCUT2D eigenvalue weighted by Gasteiger charge is 2.17. The van der Waals surface area contributed by atoms with Crippen LogP contribution >= 0.6 is 12.4 Å². The molecule has 0 amide bonds. The molecule has 15 heavy (non-hydrogen) atoms. The zero-order chi connectivity index (χ0) is 9.80. The Morgan fingerprint density at radius 3 is 3.13 bits per heavy atom. The van der Waals surface area contributed by atoms with E-state index in [1.165, 1.54) is 0 Å². The Balaban J connectivity index is 0.00000112. The minimum absolute atomic E-state index is 0. The van der Waals surface area contributed by atoms with Crippen molar-refractivity contribution in [1.82, 2.24) is 20.4 Å². The minimum atomic E-state index is 0. The number of hydrogen-bond donors (Lipinski definition) is 1. The molecule has 1 saturated heterocycles. The summed E-state index contributed by atoms with van der Waals surface area (Å²) in [5, 5.41) is 11.4. The Labute approximate surface area is 96.5 Å². The Bertz CT molecular complexity index is 280. The Morgan fingerprint density at radius 1 is 1.60 bits per heavy atom. The van der Waals surface area contributed by atoms with Crippen molar-refractivity contribution in [2.24, 2.45) is 0 Å². The van der Waals surface area contributed by atoms with E-state index in [0.717, 1.165) is 31.9 Å². The first-order chi connectivity index (χ1) is 6.86.